The molecule has 1 saturated heterocycles. The van der Waals surface area contributed by atoms with Crippen LogP contribution in [0.25, 0.3) is 0 Å². The first-order valence-electron chi connectivity index (χ1n) is 8.02. The normalized spacial score (nSPS) is 22.1. The van der Waals surface area contributed by atoms with E-state index >= 15 is 0 Å². The number of rotatable bonds is 8. The van der Waals surface area contributed by atoms with Crippen molar-refractivity contribution in [1.29, 1.82) is 0 Å². The van der Waals surface area contributed by atoms with E-state index in [-0.39, 0.29) is 5.75 Å². The third-order valence-electron chi connectivity index (χ3n) is 4.30. The van der Waals surface area contributed by atoms with Crippen LogP contribution in [-0.2, 0) is 10.0 Å². The summed E-state index contributed by atoms with van der Waals surface area (Å²) in [4.78, 5) is 2.22. The van der Waals surface area contributed by atoms with E-state index < -0.39 is 10.0 Å². The molecular weight excluding hydrogens is 312 g/mol. The number of benzene rings is 1. The molecule has 2 rings (SSSR count). The van der Waals surface area contributed by atoms with Gasteiger partial charge in [0.15, 0.2) is 0 Å². The second kappa shape index (κ2) is 8.21. The summed E-state index contributed by atoms with van der Waals surface area (Å²) in [7, 11) is 2.13. The molecule has 1 aromatic carbocycles. The van der Waals surface area contributed by atoms with Crippen molar-refractivity contribution in [3.05, 3.63) is 35.9 Å². The molecule has 0 spiro atoms. The highest BCUT2D eigenvalue weighted by Gasteiger charge is 2.28. The van der Waals surface area contributed by atoms with E-state index in [1.54, 1.807) is 14.1 Å². The highest BCUT2D eigenvalue weighted by molar-refractivity contribution is 7.89. The van der Waals surface area contributed by atoms with E-state index in [0.717, 1.165) is 19.6 Å². The molecule has 1 heterocycles. The first kappa shape index (κ1) is 18.4. The van der Waals surface area contributed by atoms with Crippen LogP contribution in [0.2, 0.25) is 0 Å². The van der Waals surface area contributed by atoms with E-state index in [1.165, 1.54) is 9.87 Å². The monoisotopic (exact) mass is 340 g/mol. The summed E-state index contributed by atoms with van der Waals surface area (Å²) >= 11 is 0. The van der Waals surface area contributed by atoms with Crippen LogP contribution in [0.15, 0.2) is 30.3 Å². The summed E-state index contributed by atoms with van der Waals surface area (Å²) in [6.07, 6.45) is 0.653. The van der Waals surface area contributed by atoms with Crippen LogP contribution >= 0.6 is 0 Å². The predicted molar refractivity (Wildman–Crippen MR) is 93.4 cm³/mol. The zero-order chi connectivity index (χ0) is 16.9. The minimum atomic E-state index is -3.09. The van der Waals surface area contributed by atoms with Gasteiger partial charge in [0.2, 0.25) is 10.0 Å². The smallest absolute Gasteiger partial charge is 0.213 e. The van der Waals surface area contributed by atoms with Crippen molar-refractivity contribution < 1.29 is 8.42 Å². The fourth-order valence-electron chi connectivity index (χ4n) is 2.91. The Bertz CT molecular complexity index is 577. The molecule has 0 aromatic heterocycles. The van der Waals surface area contributed by atoms with E-state index in [1.807, 2.05) is 6.07 Å². The van der Waals surface area contributed by atoms with Gasteiger partial charge in [-0.3, -0.25) is 5.43 Å². The SMILES string of the molecule is CN(CCCS(=O)(=O)N(C)C)CC1CNNC1c1ccccc1. The number of hydrogen-bond donors (Lipinski definition) is 2. The predicted octanol–water partition coefficient (Wildman–Crippen LogP) is 0.665. The molecular formula is C16H28N4O2S. The Hall–Kier alpha value is -0.990. The first-order chi connectivity index (χ1) is 10.9. The molecule has 0 aliphatic carbocycles. The van der Waals surface area contributed by atoms with Crippen molar-refractivity contribution in [3.8, 4) is 0 Å². The van der Waals surface area contributed by atoms with E-state index in [2.05, 4.69) is 47.1 Å². The molecule has 1 fully saturated rings. The Morgan fingerprint density at radius 1 is 1.17 bits per heavy atom. The van der Waals surface area contributed by atoms with Crippen molar-refractivity contribution in [2.45, 2.75) is 12.5 Å². The number of hydrazine groups is 1. The molecule has 0 bridgehead atoms. The maximum atomic E-state index is 11.8. The average molecular weight is 340 g/mol. The van der Waals surface area contributed by atoms with Crippen molar-refractivity contribution in [3.63, 3.8) is 0 Å². The van der Waals surface area contributed by atoms with Crippen molar-refractivity contribution in [2.75, 3.05) is 46.5 Å². The molecule has 0 radical (unpaired) electrons. The summed E-state index contributed by atoms with van der Waals surface area (Å²) in [6.45, 7) is 2.63. The minimum absolute atomic E-state index is 0.202. The van der Waals surface area contributed by atoms with Crippen LogP contribution in [0.3, 0.4) is 0 Å². The average Bonchev–Trinajstić information content (AvgIpc) is 2.95. The lowest BCUT2D eigenvalue weighted by Crippen LogP contribution is -2.32. The Labute approximate surface area is 139 Å². The summed E-state index contributed by atoms with van der Waals surface area (Å²) in [5, 5.41) is 0. The van der Waals surface area contributed by atoms with Gasteiger partial charge < -0.3 is 4.90 Å². The fourth-order valence-corrected chi connectivity index (χ4v) is 3.77. The lowest BCUT2D eigenvalue weighted by molar-refractivity contribution is 0.269. The molecule has 7 heteroatoms. The van der Waals surface area contributed by atoms with Gasteiger partial charge in [-0.2, -0.15) is 0 Å². The molecule has 23 heavy (non-hydrogen) atoms. The molecule has 1 aromatic rings. The molecule has 130 valence electrons. The van der Waals surface area contributed by atoms with Crippen molar-refractivity contribution in [1.82, 2.24) is 20.1 Å². The summed E-state index contributed by atoms with van der Waals surface area (Å²) in [5.41, 5.74) is 7.87. The van der Waals surface area contributed by atoms with Crippen LogP contribution in [0, 0.1) is 5.92 Å². The molecule has 1 aliphatic rings. The molecule has 2 N–H and O–H groups in total. The summed E-state index contributed by atoms with van der Waals surface area (Å²) in [6, 6.07) is 10.7. The zero-order valence-electron chi connectivity index (χ0n) is 14.2. The highest BCUT2D eigenvalue weighted by atomic mass is 32.2. The Morgan fingerprint density at radius 2 is 1.87 bits per heavy atom. The molecule has 0 saturated carbocycles. The van der Waals surface area contributed by atoms with Crippen LogP contribution in [0.5, 0.6) is 0 Å². The van der Waals surface area contributed by atoms with Gasteiger partial charge in [-0.05, 0) is 25.6 Å². The Morgan fingerprint density at radius 3 is 2.52 bits per heavy atom. The number of nitrogens with one attached hydrogen (secondary N) is 2. The van der Waals surface area contributed by atoms with Crippen LogP contribution in [0.4, 0.5) is 0 Å². The molecule has 1 aliphatic heterocycles. The first-order valence-corrected chi connectivity index (χ1v) is 9.63. The minimum Gasteiger partial charge on any atom is -0.306 e. The molecule has 2 unspecified atom stereocenters. The van der Waals surface area contributed by atoms with Gasteiger partial charge in [0.1, 0.15) is 0 Å². The Kier molecular flexibility index (Phi) is 6.55. The van der Waals surface area contributed by atoms with E-state index in [9.17, 15) is 8.42 Å². The second-order valence-corrected chi connectivity index (χ2v) is 8.69. The van der Waals surface area contributed by atoms with Crippen LogP contribution in [0.1, 0.15) is 18.0 Å². The lowest BCUT2D eigenvalue weighted by atomic mass is 9.94. The van der Waals surface area contributed by atoms with Gasteiger partial charge in [-0.15, -0.1) is 0 Å². The number of hydrogen-bond acceptors (Lipinski definition) is 5. The zero-order valence-corrected chi connectivity index (χ0v) is 15.0. The van der Waals surface area contributed by atoms with Gasteiger partial charge in [-0.1, -0.05) is 30.3 Å². The van der Waals surface area contributed by atoms with Gasteiger partial charge >= 0.3 is 0 Å². The Balaban J connectivity index is 1.82. The van der Waals surface area contributed by atoms with Crippen LogP contribution < -0.4 is 10.9 Å². The van der Waals surface area contributed by atoms with Crippen molar-refractivity contribution in [2.24, 2.45) is 5.92 Å². The largest absolute Gasteiger partial charge is 0.306 e. The molecule has 6 nitrogen and oxygen atoms in total. The number of sulfonamides is 1. The van der Waals surface area contributed by atoms with Gasteiger partial charge in [0, 0.05) is 33.1 Å². The summed E-state index contributed by atoms with van der Waals surface area (Å²) < 4.78 is 24.9. The van der Waals surface area contributed by atoms with E-state index in [4.69, 9.17) is 0 Å². The topological polar surface area (TPSA) is 64.7 Å². The highest BCUT2D eigenvalue weighted by Crippen LogP contribution is 2.25. The maximum absolute atomic E-state index is 11.8. The van der Waals surface area contributed by atoms with Gasteiger partial charge in [0.25, 0.3) is 0 Å². The standard InChI is InChI=1S/C16H28N4O2S/c1-19(2)23(21,22)11-7-10-20(3)13-15-12-17-18-16(15)14-8-5-4-6-9-14/h4-6,8-9,15-18H,7,10-13H2,1-3H3. The van der Waals surface area contributed by atoms with E-state index in [0.29, 0.717) is 18.4 Å². The molecule has 2 atom stereocenters. The number of nitrogens with zero attached hydrogens (tertiary/aromatic N) is 2. The van der Waals surface area contributed by atoms with Crippen molar-refractivity contribution >= 4 is 10.0 Å². The second-order valence-electron chi connectivity index (χ2n) is 6.39. The fraction of sp³-hybridized carbons (Fsp3) is 0.625. The quantitative estimate of drug-likeness (QED) is 0.728. The summed E-state index contributed by atoms with van der Waals surface area (Å²) in [5.74, 6) is 0.668. The lowest BCUT2D eigenvalue weighted by Gasteiger charge is -2.25. The maximum Gasteiger partial charge on any atom is 0.213 e. The third-order valence-corrected chi connectivity index (χ3v) is 6.21. The van der Waals surface area contributed by atoms with Gasteiger partial charge in [0.05, 0.1) is 11.8 Å². The molecule has 0 amide bonds. The third kappa shape index (κ3) is 5.26. The van der Waals surface area contributed by atoms with Crippen LogP contribution in [-0.4, -0.2) is 64.2 Å². The van der Waals surface area contributed by atoms with Gasteiger partial charge in [-0.25, -0.2) is 18.1 Å².